The third kappa shape index (κ3) is 2.27. The Morgan fingerprint density at radius 1 is 1.83 bits per heavy atom. The molecule has 1 heterocycles. The Kier molecular flexibility index (Phi) is 3.65. The molecule has 1 aliphatic heterocycles. The topological polar surface area (TPSA) is 61.6 Å². The van der Waals surface area contributed by atoms with E-state index in [1.807, 2.05) is 0 Å². The molecule has 12 heavy (non-hydrogen) atoms. The van der Waals surface area contributed by atoms with Crippen molar-refractivity contribution in [2.75, 3.05) is 26.9 Å². The predicted octanol–water partition coefficient (Wildman–Crippen LogP) is -0.434. The van der Waals surface area contributed by atoms with Crippen molar-refractivity contribution in [2.24, 2.45) is 11.7 Å². The predicted molar refractivity (Wildman–Crippen MR) is 43.8 cm³/mol. The van der Waals surface area contributed by atoms with Crippen molar-refractivity contribution in [3.05, 3.63) is 0 Å². The minimum Gasteiger partial charge on any atom is -0.383 e. The van der Waals surface area contributed by atoms with Crippen LogP contribution in [0.3, 0.4) is 0 Å². The molecule has 4 nitrogen and oxygen atoms in total. The first kappa shape index (κ1) is 9.64. The fourth-order valence-corrected chi connectivity index (χ4v) is 1.33. The largest absolute Gasteiger partial charge is 0.383 e. The van der Waals surface area contributed by atoms with Crippen molar-refractivity contribution in [1.82, 2.24) is 0 Å². The van der Waals surface area contributed by atoms with Gasteiger partial charge in [0.15, 0.2) is 0 Å². The molecule has 1 fully saturated rings. The molecule has 0 saturated carbocycles. The third-order valence-corrected chi connectivity index (χ3v) is 2.08. The van der Waals surface area contributed by atoms with Crippen LogP contribution in [0.15, 0.2) is 0 Å². The molecule has 1 aliphatic rings. The number of Topliss-reactive ketones (excluding diaryl/α,β-unsaturated/α-hetero) is 1. The van der Waals surface area contributed by atoms with Gasteiger partial charge in [0.2, 0.25) is 0 Å². The maximum Gasteiger partial charge on any atom is 0.142 e. The van der Waals surface area contributed by atoms with Crippen molar-refractivity contribution in [1.29, 1.82) is 0 Å². The number of carbonyl (C=O) groups is 1. The highest BCUT2D eigenvalue weighted by atomic mass is 16.5. The van der Waals surface area contributed by atoms with Crippen molar-refractivity contribution in [3.8, 4) is 0 Å². The first-order chi connectivity index (χ1) is 5.75. The molecular weight excluding hydrogens is 158 g/mol. The monoisotopic (exact) mass is 173 g/mol. The van der Waals surface area contributed by atoms with E-state index in [9.17, 15) is 4.79 Å². The van der Waals surface area contributed by atoms with Crippen LogP contribution >= 0.6 is 0 Å². The second-order valence-electron chi connectivity index (χ2n) is 3.02. The second kappa shape index (κ2) is 4.54. The molecule has 2 atom stereocenters. The smallest absolute Gasteiger partial charge is 0.142 e. The van der Waals surface area contributed by atoms with E-state index in [0.717, 1.165) is 0 Å². The summed E-state index contributed by atoms with van der Waals surface area (Å²) in [5, 5.41) is 0. The Labute approximate surface area is 72.0 Å². The minimum absolute atomic E-state index is 0.168. The number of ether oxygens (including phenoxy) is 2. The van der Waals surface area contributed by atoms with Crippen LogP contribution in [0.2, 0.25) is 0 Å². The number of methoxy groups -OCH3 is 1. The minimum atomic E-state index is -0.220. The lowest BCUT2D eigenvalue weighted by Gasteiger charge is -2.25. The zero-order chi connectivity index (χ0) is 8.97. The van der Waals surface area contributed by atoms with Gasteiger partial charge >= 0.3 is 0 Å². The SMILES string of the molecule is COCC(N)C1COCCC1=O. The molecule has 0 aromatic rings. The Balaban J connectivity index is 2.42. The lowest BCUT2D eigenvalue weighted by Crippen LogP contribution is -2.44. The van der Waals surface area contributed by atoms with Crippen LogP contribution in [0.5, 0.6) is 0 Å². The molecule has 1 rings (SSSR count). The van der Waals surface area contributed by atoms with Crippen LogP contribution in [-0.4, -0.2) is 38.8 Å². The first-order valence-corrected chi connectivity index (χ1v) is 4.10. The van der Waals surface area contributed by atoms with E-state index in [0.29, 0.717) is 26.2 Å². The van der Waals surface area contributed by atoms with Crippen molar-refractivity contribution < 1.29 is 14.3 Å². The van der Waals surface area contributed by atoms with Gasteiger partial charge in [0.05, 0.1) is 25.7 Å². The zero-order valence-electron chi connectivity index (χ0n) is 7.29. The van der Waals surface area contributed by atoms with E-state index >= 15 is 0 Å². The van der Waals surface area contributed by atoms with Gasteiger partial charge in [-0.25, -0.2) is 0 Å². The number of rotatable bonds is 3. The Bertz CT molecular complexity index is 160. The first-order valence-electron chi connectivity index (χ1n) is 4.10. The van der Waals surface area contributed by atoms with E-state index in [4.69, 9.17) is 15.2 Å². The molecule has 70 valence electrons. The lowest BCUT2D eigenvalue weighted by molar-refractivity contribution is -0.132. The summed E-state index contributed by atoms with van der Waals surface area (Å²) in [6.07, 6.45) is 0.488. The molecule has 4 heteroatoms. The molecule has 1 saturated heterocycles. The van der Waals surface area contributed by atoms with Gasteiger partial charge in [0.1, 0.15) is 5.78 Å². The average molecular weight is 173 g/mol. The number of ketones is 1. The molecule has 0 bridgehead atoms. The summed E-state index contributed by atoms with van der Waals surface area (Å²) in [6.45, 7) is 1.40. The summed E-state index contributed by atoms with van der Waals surface area (Å²) >= 11 is 0. The number of nitrogens with two attached hydrogens (primary N) is 1. The molecule has 0 spiro atoms. The molecule has 0 radical (unpaired) electrons. The Morgan fingerprint density at radius 2 is 2.58 bits per heavy atom. The van der Waals surface area contributed by atoms with Gasteiger partial charge in [-0.1, -0.05) is 0 Å². The van der Waals surface area contributed by atoms with E-state index in [-0.39, 0.29) is 17.7 Å². The summed E-state index contributed by atoms with van der Waals surface area (Å²) in [5.74, 6) is 0.0319. The van der Waals surface area contributed by atoms with Crippen molar-refractivity contribution in [3.63, 3.8) is 0 Å². The van der Waals surface area contributed by atoms with E-state index in [1.165, 1.54) is 0 Å². The Hall–Kier alpha value is -0.450. The molecule has 0 amide bonds. The maximum atomic E-state index is 11.3. The summed E-state index contributed by atoms with van der Waals surface area (Å²) < 4.78 is 10.0. The van der Waals surface area contributed by atoms with Gasteiger partial charge in [-0.2, -0.15) is 0 Å². The van der Waals surface area contributed by atoms with Crippen molar-refractivity contribution in [2.45, 2.75) is 12.5 Å². The lowest BCUT2D eigenvalue weighted by atomic mass is 9.93. The summed E-state index contributed by atoms with van der Waals surface area (Å²) in [5.41, 5.74) is 5.72. The van der Waals surface area contributed by atoms with Crippen LogP contribution in [0.4, 0.5) is 0 Å². The third-order valence-electron chi connectivity index (χ3n) is 2.08. The molecule has 0 aromatic heterocycles. The molecule has 0 aliphatic carbocycles. The summed E-state index contributed by atoms with van der Waals surface area (Å²) in [7, 11) is 1.58. The van der Waals surface area contributed by atoms with E-state index in [1.54, 1.807) is 7.11 Å². The second-order valence-corrected chi connectivity index (χ2v) is 3.02. The van der Waals surface area contributed by atoms with Crippen LogP contribution in [0, 0.1) is 5.92 Å². The normalized spacial score (nSPS) is 27.2. The maximum absolute atomic E-state index is 11.3. The summed E-state index contributed by atoms with van der Waals surface area (Å²) in [4.78, 5) is 11.3. The number of carbonyl (C=O) groups excluding carboxylic acids is 1. The van der Waals surface area contributed by atoms with E-state index < -0.39 is 0 Å². The zero-order valence-corrected chi connectivity index (χ0v) is 7.29. The van der Waals surface area contributed by atoms with Crippen molar-refractivity contribution >= 4 is 5.78 Å². The quantitative estimate of drug-likeness (QED) is 0.629. The van der Waals surface area contributed by atoms with Crippen LogP contribution in [-0.2, 0) is 14.3 Å². The molecule has 0 aromatic carbocycles. The average Bonchev–Trinajstić information content (AvgIpc) is 2.05. The van der Waals surface area contributed by atoms with E-state index in [2.05, 4.69) is 0 Å². The summed E-state index contributed by atoms with van der Waals surface area (Å²) in [6, 6.07) is -0.220. The van der Waals surface area contributed by atoms with Gasteiger partial charge < -0.3 is 15.2 Å². The van der Waals surface area contributed by atoms with Crippen LogP contribution in [0.25, 0.3) is 0 Å². The highest BCUT2D eigenvalue weighted by Gasteiger charge is 2.28. The standard InChI is InChI=1S/C8H15NO3/c1-11-5-7(9)6-4-12-3-2-8(6)10/h6-7H,2-5,9H2,1H3. The fraction of sp³-hybridized carbons (Fsp3) is 0.875. The van der Waals surface area contributed by atoms with Gasteiger partial charge in [0, 0.05) is 19.6 Å². The Morgan fingerprint density at radius 3 is 3.17 bits per heavy atom. The fourth-order valence-electron chi connectivity index (χ4n) is 1.33. The highest BCUT2D eigenvalue weighted by Crippen LogP contribution is 2.12. The van der Waals surface area contributed by atoms with Crippen LogP contribution < -0.4 is 5.73 Å². The molecule has 2 N–H and O–H groups in total. The number of hydrogen-bond donors (Lipinski definition) is 1. The van der Waals surface area contributed by atoms with Gasteiger partial charge in [-0.15, -0.1) is 0 Å². The van der Waals surface area contributed by atoms with Gasteiger partial charge in [-0.3, -0.25) is 4.79 Å². The molecule has 2 unspecified atom stereocenters. The van der Waals surface area contributed by atoms with Gasteiger partial charge in [0.25, 0.3) is 0 Å². The van der Waals surface area contributed by atoms with Gasteiger partial charge in [-0.05, 0) is 0 Å². The highest BCUT2D eigenvalue weighted by molar-refractivity contribution is 5.82. The molecular formula is C8H15NO3. The number of hydrogen-bond acceptors (Lipinski definition) is 4. The van der Waals surface area contributed by atoms with Crippen LogP contribution in [0.1, 0.15) is 6.42 Å².